The van der Waals surface area contributed by atoms with E-state index in [0.717, 1.165) is 34.7 Å². The lowest BCUT2D eigenvalue weighted by Gasteiger charge is -2.37. The average Bonchev–Trinajstić information content (AvgIpc) is 3.44. The SMILES string of the molecule is COc1cccc(C2c3cccn3CCN2C(=O)CCC(=O)NC(c2ccccc2)c2ccccc2)c1. The second-order valence-corrected chi connectivity index (χ2v) is 9.21. The Bertz CT molecular complexity index is 1310. The molecule has 1 aliphatic rings. The first kappa shape index (κ1) is 24.4. The summed E-state index contributed by atoms with van der Waals surface area (Å²) in [7, 11) is 1.64. The van der Waals surface area contributed by atoms with Crippen LogP contribution in [0.1, 0.15) is 47.3 Å². The number of nitrogens with one attached hydrogen (secondary N) is 1. The summed E-state index contributed by atoms with van der Waals surface area (Å²) in [4.78, 5) is 28.5. The van der Waals surface area contributed by atoms with Crippen molar-refractivity contribution in [1.29, 1.82) is 0 Å². The van der Waals surface area contributed by atoms with Crippen molar-refractivity contribution >= 4 is 11.8 Å². The predicted octanol–water partition coefficient (Wildman–Crippen LogP) is 5.11. The number of aromatic nitrogens is 1. The Morgan fingerprint density at radius 2 is 1.57 bits per heavy atom. The second-order valence-electron chi connectivity index (χ2n) is 9.21. The van der Waals surface area contributed by atoms with Gasteiger partial charge in [-0.15, -0.1) is 0 Å². The van der Waals surface area contributed by atoms with Gasteiger partial charge in [0.15, 0.2) is 0 Å². The molecule has 37 heavy (non-hydrogen) atoms. The third-order valence-corrected chi connectivity index (χ3v) is 6.91. The van der Waals surface area contributed by atoms with Crippen LogP contribution in [0.15, 0.2) is 103 Å². The molecule has 3 aromatic carbocycles. The van der Waals surface area contributed by atoms with Crippen LogP contribution in [-0.2, 0) is 16.1 Å². The van der Waals surface area contributed by atoms with Crippen molar-refractivity contribution in [2.24, 2.45) is 0 Å². The van der Waals surface area contributed by atoms with Gasteiger partial charge in [-0.2, -0.15) is 0 Å². The van der Waals surface area contributed by atoms with Gasteiger partial charge in [-0.1, -0.05) is 72.8 Å². The molecule has 6 nitrogen and oxygen atoms in total. The maximum atomic E-state index is 13.5. The van der Waals surface area contributed by atoms with Gasteiger partial charge in [-0.25, -0.2) is 0 Å². The van der Waals surface area contributed by atoms with Gasteiger partial charge in [-0.05, 0) is 41.0 Å². The molecule has 0 bridgehead atoms. The van der Waals surface area contributed by atoms with E-state index >= 15 is 0 Å². The number of amides is 2. The first-order valence-electron chi connectivity index (χ1n) is 12.6. The van der Waals surface area contributed by atoms with Gasteiger partial charge in [-0.3, -0.25) is 9.59 Å². The van der Waals surface area contributed by atoms with Crippen molar-refractivity contribution in [2.45, 2.75) is 31.5 Å². The van der Waals surface area contributed by atoms with Crippen molar-refractivity contribution in [3.05, 3.63) is 126 Å². The van der Waals surface area contributed by atoms with Gasteiger partial charge in [0.2, 0.25) is 11.8 Å². The Labute approximate surface area is 217 Å². The van der Waals surface area contributed by atoms with Crippen LogP contribution in [0.4, 0.5) is 0 Å². The van der Waals surface area contributed by atoms with Crippen molar-refractivity contribution in [1.82, 2.24) is 14.8 Å². The summed E-state index contributed by atoms with van der Waals surface area (Å²) in [6.45, 7) is 1.31. The maximum absolute atomic E-state index is 13.5. The third-order valence-electron chi connectivity index (χ3n) is 6.91. The molecule has 1 aliphatic heterocycles. The number of nitrogens with zero attached hydrogens (tertiary/aromatic N) is 2. The molecule has 6 heteroatoms. The van der Waals surface area contributed by atoms with E-state index in [1.54, 1.807) is 7.11 Å². The van der Waals surface area contributed by atoms with Crippen LogP contribution in [0.2, 0.25) is 0 Å². The van der Waals surface area contributed by atoms with Crippen LogP contribution in [0, 0.1) is 0 Å². The van der Waals surface area contributed by atoms with E-state index in [4.69, 9.17) is 4.74 Å². The number of carbonyl (C=O) groups excluding carboxylic acids is 2. The van der Waals surface area contributed by atoms with E-state index in [-0.39, 0.29) is 36.7 Å². The van der Waals surface area contributed by atoms with E-state index in [0.29, 0.717) is 6.54 Å². The average molecular weight is 494 g/mol. The molecule has 1 unspecified atom stereocenters. The molecule has 0 fully saturated rings. The smallest absolute Gasteiger partial charge is 0.223 e. The highest BCUT2D eigenvalue weighted by Gasteiger charge is 2.32. The van der Waals surface area contributed by atoms with Crippen LogP contribution in [0.5, 0.6) is 5.75 Å². The zero-order valence-electron chi connectivity index (χ0n) is 20.9. The zero-order chi connectivity index (χ0) is 25.6. The number of carbonyl (C=O) groups is 2. The summed E-state index contributed by atoms with van der Waals surface area (Å²) < 4.78 is 7.62. The van der Waals surface area contributed by atoms with Crippen LogP contribution in [-0.4, -0.2) is 34.9 Å². The van der Waals surface area contributed by atoms with Crippen molar-refractivity contribution in [3.8, 4) is 5.75 Å². The Kier molecular flexibility index (Phi) is 7.36. The zero-order valence-corrected chi connectivity index (χ0v) is 20.9. The maximum Gasteiger partial charge on any atom is 0.223 e. The van der Waals surface area contributed by atoms with Gasteiger partial charge in [0.05, 0.1) is 19.2 Å². The quantitative estimate of drug-likeness (QED) is 0.371. The lowest BCUT2D eigenvalue weighted by atomic mass is 9.98. The fourth-order valence-electron chi connectivity index (χ4n) is 5.06. The number of ether oxygens (including phenoxy) is 1. The van der Waals surface area contributed by atoms with E-state index < -0.39 is 0 Å². The minimum atomic E-state index is -0.271. The molecule has 1 N–H and O–H groups in total. The van der Waals surface area contributed by atoms with Crippen LogP contribution in [0.25, 0.3) is 0 Å². The molecule has 188 valence electrons. The minimum absolute atomic E-state index is 0.0357. The molecule has 5 rings (SSSR count). The fourth-order valence-corrected chi connectivity index (χ4v) is 5.06. The Hall–Kier alpha value is -4.32. The van der Waals surface area contributed by atoms with Crippen molar-refractivity contribution in [2.75, 3.05) is 13.7 Å². The molecule has 0 radical (unpaired) electrons. The molecule has 0 aliphatic carbocycles. The summed E-state index contributed by atoms with van der Waals surface area (Å²) in [6.07, 6.45) is 2.31. The first-order valence-corrected chi connectivity index (χ1v) is 12.6. The molecule has 2 amide bonds. The summed E-state index contributed by atoms with van der Waals surface area (Å²) in [6, 6.07) is 31.2. The standard InChI is InChI=1S/C31H31N3O3/c1-37-26-15-8-14-25(22-26)31-27-16-9-19-33(27)20-21-34(31)29(36)18-17-28(35)32-30(23-10-4-2-5-11-23)24-12-6-3-7-13-24/h2-16,19,22,30-31H,17-18,20-21H2,1H3,(H,32,35). The third kappa shape index (κ3) is 5.43. The van der Waals surface area contributed by atoms with Gasteiger partial charge < -0.3 is 19.5 Å². The topological polar surface area (TPSA) is 63.6 Å². The van der Waals surface area contributed by atoms with Crippen LogP contribution < -0.4 is 10.1 Å². The lowest BCUT2D eigenvalue weighted by molar-refractivity contribution is -0.136. The van der Waals surface area contributed by atoms with E-state index in [1.807, 2.05) is 102 Å². The molecule has 1 aromatic heterocycles. The van der Waals surface area contributed by atoms with Crippen LogP contribution >= 0.6 is 0 Å². The molecule has 1 atom stereocenters. The molecule has 0 saturated carbocycles. The van der Waals surface area contributed by atoms with E-state index in [2.05, 4.69) is 16.0 Å². The summed E-state index contributed by atoms with van der Waals surface area (Å²) in [5.41, 5.74) is 4.06. The van der Waals surface area contributed by atoms with Gasteiger partial charge in [0.25, 0.3) is 0 Å². The number of benzene rings is 3. The molecular weight excluding hydrogens is 462 g/mol. The van der Waals surface area contributed by atoms with Gasteiger partial charge in [0.1, 0.15) is 5.75 Å². The molecule has 2 heterocycles. The second kappa shape index (κ2) is 11.2. The number of hydrogen-bond donors (Lipinski definition) is 1. The lowest BCUT2D eigenvalue weighted by Crippen LogP contribution is -2.42. The highest BCUT2D eigenvalue weighted by molar-refractivity contribution is 5.84. The minimum Gasteiger partial charge on any atom is -0.497 e. The normalized spacial score (nSPS) is 14.8. The predicted molar refractivity (Wildman–Crippen MR) is 143 cm³/mol. The van der Waals surface area contributed by atoms with Crippen molar-refractivity contribution in [3.63, 3.8) is 0 Å². The molecule has 4 aromatic rings. The molecular formula is C31H31N3O3. The van der Waals surface area contributed by atoms with E-state index in [9.17, 15) is 9.59 Å². The fraction of sp³-hybridized carbons (Fsp3) is 0.226. The number of hydrogen-bond acceptors (Lipinski definition) is 3. The number of methoxy groups -OCH3 is 1. The van der Waals surface area contributed by atoms with Crippen LogP contribution in [0.3, 0.4) is 0 Å². The van der Waals surface area contributed by atoms with Gasteiger partial charge >= 0.3 is 0 Å². The number of fused-ring (bicyclic) bond motifs is 1. The molecule has 0 spiro atoms. The Balaban J connectivity index is 1.31. The van der Waals surface area contributed by atoms with Crippen molar-refractivity contribution < 1.29 is 14.3 Å². The summed E-state index contributed by atoms with van der Waals surface area (Å²) in [5.74, 6) is 0.566. The first-order chi connectivity index (χ1) is 18.1. The monoisotopic (exact) mass is 493 g/mol. The molecule has 0 saturated heterocycles. The highest BCUT2D eigenvalue weighted by Crippen LogP contribution is 2.34. The number of rotatable bonds is 8. The Morgan fingerprint density at radius 1 is 0.865 bits per heavy atom. The van der Waals surface area contributed by atoms with Gasteiger partial charge in [0, 0.05) is 37.8 Å². The largest absolute Gasteiger partial charge is 0.497 e. The Morgan fingerprint density at radius 3 is 2.24 bits per heavy atom. The highest BCUT2D eigenvalue weighted by atomic mass is 16.5. The summed E-state index contributed by atoms with van der Waals surface area (Å²) >= 11 is 0. The van der Waals surface area contributed by atoms with E-state index in [1.165, 1.54) is 0 Å². The summed E-state index contributed by atoms with van der Waals surface area (Å²) in [5, 5.41) is 3.15.